The molecule has 0 fully saturated rings. The van der Waals surface area contributed by atoms with E-state index in [0.29, 0.717) is 23.1 Å². The van der Waals surface area contributed by atoms with Crippen molar-refractivity contribution in [3.05, 3.63) is 53.6 Å². The summed E-state index contributed by atoms with van der Waals surface area (Å²) < 4.78 is 36.4. The lowest BCUT2D eigenvalue weighted by Gasteiger charge is -2.25. The standard InChI is InChI=1S/C25H35BN2O8S/c1-17(2)37(33,34)22-12-11-21(15-19(22)16-28(6)24(30)36-25(3,4)5)27-23(29)35-14-13-18-7-9-20(10-8-18)26(31)32/h7-12,15,17,31-32H,13-14,16H2,1-6H3,(H,27,29). The predicted octanol–water partition coefficient (Wildman–Crippen LogP) is 2.71. The third kappa shape index (κ3) is 9.06. The smallest absolute Gasteiger partial charge is 0.449 e. The van der Waals surface area contributed by atoms with Crippen LogP contribution in [0.15, 0.2) is 47.4 Å². The number of carbonyl (C=O) groups is 2. The molecule has 0 radical (unpaired) electrons. The lowest BCUT2D eigenvalue weighted by Crippen LogP contribution is -2.34. The summed E-state index contributed by atoms with van der Waals surface area (Å²) in [5.41, 5.74) is 1.12. The van der Waals surface area contributed by atoms with E-state index in [1.54, 1.807) is 58.9 Å². The Balaban J connectivity index is 2.13. The molecule has 0 atom stereocenters. The van der Waals surface area contributed by atoms with E-state index < -0.39 is 40.0 Å². The quantitative estimate of drug-likeness (QED) is 0.417. The molecule has 2 aromatic rings. The molecule has 0 spiro atoms. The average Bonchev–Trinajstić information content (AvgIpc) is 2.78. The summed E-state index contributed by atoms with van der Waals surface area (Å²) in [4.78, 5) is 26.1. The molecule has 2 aromatic carbocycles. The number of carbonyl (C=O) groups excluding carboxylic acids is 2. The highest BCUT2D eigenvalue weighted by Gasteiger charge is 2.26. The van der Waals surface area contributed by atoms with Crippen LogP contribution in [0, 0.1) is 0 Å². The molecule has 2 amide bonds. The van der Waals surface area contributed by atoms with Crippen LogP contribution < -0.4 is 10.8 Å². The Kier molecular flexibility index (Phi) is 10.1. The van der Waals surface area contributed by atoms with Crippen molar-refractivity contribution < 1.29 is 37.5 Å². The third-order valence-corrected chi connectivity index (χ3v) is 7.50. The van der Waals surface area contributed by atoms with Gasteiger partial charge in [-0.15, -0.1) is 0 Å². The molecule has 0 saturated carbocycles. The Bertz CT molecular complexity index is 1190. The molecule has 202 valence electrons. The summed E-state index contributed by atoms with van der Waals surface area (Å²) in [6, 6.07) is 10.9. The van der Waals surface area contributed by atoms with Crippen LogP contribution in [0.25, 0.3) is 0 Å². The van der Waals surface area contributed by atoms with Gasteiger partial charge in [-0.05, 0) is 69.4 Å². The number of nitrogens with zero attached hydrogens (tertiary/aromatic N) is 1. The van der Waals surface area contributed by atoms with Crippen LogP contribution in [0.5, 0.6) is 0 Å². The first kappa shape index (κ1) is 30.1. The largest absolute Gasteiger partial charge is 0.488 e. The highest BCUT2D eigenvalue weighted by molar-refractivity contribution is 7.92. The second-order valence-corrected chi connectivity index (χ2v) is 12.4. The van der Waals surface area contributed by atoms with Crippen LogP contribution >= 0.6 is 0 Å². The van der Waals surface area contributed by atoms with E-state index in [0.717, 1.165) is 5.56 Å². The minimum Gasteiger partial charge on any atom is -0.449 e. The van der Waals surface area contributed by atoms with Crippen LogP contribution in [-0.2, 0) is 32.3 Å². The molecule has 0 aliphatic carbocycles. The number of hydrogen-bond donors (Lipinski definition) is 3. The molecular formula is C25H35BN2O8S. The molecule has 0 aromatic heterocycles. The third-order valence-electron chi connectivity index (χ3n) is 5.25. The number of hydrogen-bond acceptors (Lipinski definition) is 8. The van der Waals surface area contributed by atoms with E-state index in [9.17, 15) is 18.0 Å². The maximum Gasteiger partial charge on any atom is 0.488 e. The van der Waals surface area contributed by atoms with Crippen LogP contribution in [0.3, 0.4) is 0 Å². The van der Waals surface area contributed by atoms with Crippen LogP contribution in [0.4, 0.5) is 15.3 Å². The maximum atomic E-state index is 12.9. The molecule has 0 saturated heterocycles. The van der Waals surface area contributed by atoms with Crippen molar-refractivity contribution in [3.8, 4) is 0 Å². The molecule has 37 heavy (non-hydrogen) atoms. The summed E-state index contributed by atoms with van der Waals surface area (Å²) in [6.45, 7) is 8.36. The minimum atomic E-state index is -3.67. The van der Waals surface area contributed by atoms with Gasteiger partial charge in [0.15, 0.2) is 9.84 Å². The Morgan fingerprint density at radius 2 is 1.70 bits per heavy atom. The van der Waals surface area contributed by atoms with Crippen molar-refractivity contribution in [2.75, 3.05) is 19.0 Å². The molecule has 0 aliphatic heterocycles. The first-order valence-corrected chi connectivity index (χ1v) is 13.3. The molecule has 0 bridgehead atoms. The van der Waals surface area contributed by atoms with Gasteiger partial charge in [-0.25, -0.2) is 18.0 Å². The van der Waals surface area contributed by atoms with Gasteiger partial charge in [0, 0.05) is 19.2 Å². The summed E-state index contributed by atoms with van der Waals surface area (Å²) in [5, 5.41) is 20.2. The fourth-order valence-electron chi connectivity index (χ4n) is 3.24. The topological polar surface area (TPSA) is 142 Å². The Morgan fingerprint density at radius 1 is 1.08 bits per heavy atom. The maximum absolute atomic E-state index is 12.9. The number of benzene rings is 2. The van der Waals surface area contributed by atoms with Gasteiger partial charge >= 0.3 is 19.3 Å². The van der Waals surface area contributed by atoms with Crippen LogP contribution in [-0.4, -0.2) is 67.2 Å². The predicted molar refractivity (Wildman–Crippen MR) is 141 cm³/mol. The van der Waals surface area contributed by atoms with Crippen molar-refractivity contribution >= 4 is 40.3 Å². The Labute approximate surface area is 218 Å². The lowest BCUT2D eigenvalue weighted by molar-refractivity contribution is 0.0283. The van der Waals surface area contributed by atoms with Gasteiger partial charge in [0.25, 0.3) is 0 Å². The van der Waals surface area contributed by atoms with Gasteiger partial charge in [-0.2, -0.15) is 0 Å². The lowest BCUT2D eigenvalue weighted by atomic mass is 9.80. The highest BCUT2D eigenvalue weighted by Crippen LogP contribution is 2.26. The SMILES string of the molecule is CC(C)S(=O)(=O)c1ccc(NC(=O)OCCc2ccc(B(O)O)cc2)cc1CN(C)C(=O)OC(C)(C)C. The zero-order valence-corrected chi connectivity index (χ0v) is 22.8. The van der Waals surface area contributed by atoms with Crippen molar-refractivity contribution in [1.82, 2.24) is 4.90 Å². The molecule has 12 heteroatoms. The zero-order valence-electron chi connectivity index (χ0n) is 22.0. The first-order chi connectivity index (χ1) is 17.1. The Hall–Kier alpha value is -3.09. The molecule has 2 rings (SSSR count). The molecule has 10 nitrogen and oxygen atoms in total. The van der Waals surface area contributed by atoms with Crippen LogP contribution in [0.2, 0.25) is 0 Å². The van der Waals surface area contributed by atoms with Crippen molar-refractivity contribution in [1.29, 1.82) is 0 Å². The molecule has 0 unspecified atom stereocenters. The van der Waals surface area contributed by atoms with Crippen molar-refractivity contribution in [2.24, 2.45) is 0 Å². The summed E-state index contributed by atoms with van der Waals surface area (Å²) >= 11 is 0. The van der Waals surface area contributed by atoms with Gasteiger partial charge in [0.1, 0.15) is 5.60 Å². The summed E-state index contributed by atoms with van der Waals surface area (Å²) in [6.07, 6.45) is -0.930. The van der Waals surface area contributed by atoms with Gasteiger partial charge in [-0.3, -0.25) is 5.32 Å². The first-order valence-electron chi connectivity index (χ1n) is 11.8. The molecule has 3 N–H and O–H groups in total. The van der Waals surface area contributed by atoms with E-state index in [1.807, 2.05) is 0 Å². The normalized spacial score (nSPS) is 11.7. The number of ether oxygens (including phenoxy) is 2. The van der Waals surface area contributed by atoms with E-state index in [1.165, 1.54) is 30.1 Å². The highest BCUT2D eigenvalue weighted by atomic mass is 32.2. The second-order valence-electron chi connectivity index (χ2n) is 9.88. The average molecular weight is 534 g/mol. The van der Waals surface area contributed by atoms with E-state index in [2.05, 4.69) is 5.32 Å². The van der Waals surface area contributed by atoms with Crippen molar-refractivity contribution in [2.45, 2.75) is 63.3 Å². The minimum absolute atomic E-state index is 0.0563. The number of anilines is 1. The van der Waals surface area contributed by atoms with Gasteiger partial charge in [0.2, 0.25) is 0 Å². The van der Waals surface area contributed by atoms with E-state index in [4.69, 9.17) is 19.5 Å². The monoisotopic (exact) mass is 534 g/mol. The summed E-state index contributed by atoms with van der Waals surface area (Å²) in [7, 11) is -3.71. The van der Waals surface area contributed by atoms with Crippen molar-refractivity contribution in [3.63, 3.8) is 0 Å². The molecule has 0 heterocycles. The summed E-state index contributed by atoms with van der Waals surface area (Å²) in [5.74, 6) is 0. The number of rotatable bonds is 9. The Morgan fingerprint density at radius 3 is 2.24 bits per heavy atom. The number of nitrogens with one attached hydrogen (secondary N) is 1. The molecule has 0 aliphatic rings. The van der Waals surface area contributed by atoms with Gasteiger partial charge in [0.05, 0.1) is 23.3 Å². The number of sulfone groups is 1. The molecular weight excluding hydrogens is 499 g/mol. The van der Waals surface area contributed by atoms with Gasteiger partial charge in [-0.1, -0.05) is 24.3 Å². The second kappa shape index (κ2) is 12.4. The fourth-order valence-corrected chi connectivity index (χ4v) is 4.50. The van der Waals surface area contributed by atoms with E-state index >= 15 is 0 Å². The zero-order chi connectivity index (χ0) is 28.0. The number of amides is 2. The van der Waals surface area contributed by atoms with Crippen LogP contribution in [0.1, 0.15) is 45.7 Å². The van der Waals surface area contributed by atoms with E-state index in [-0.39, 0.29) is 18.0 Å². The van der Waals surface area contributed by atoms with Gasteiger partial charge < -0.3 is 24.4 Å². The fraction of sp³-hybridized carbons (Fsp3) is 0.440.